The van der Waals surface area contributed by atoms with Crippen LogP contribution in [0.25, 0.3) is 5.69 Å². The Morgan fingerprint density at radius 1 is 1.16 bits per heavy atom. The monoisotopic (exact) mass is 393 g/mol. The molecule has 0 unspecified atom stereocenters. The summed E-state index contributed by atoms with van der Waals surface area (Å²) in [6.45, 7) is 4.37. The molecular formula is C18H17Cl2N3OS. The molecular weight excluding hydrogens is 377 g/mol. The van der Waals surface area contributed by atoms with E-state index in [-0.39, 0.29) is 5.91 Å². The van der Waals surface area contributed by atoms with Gasteiger partial charge in [-0.1, -0.05) is 23.2 Å². The number of aryl methyl sites for hydroxylation is 1. The molecule has 0 bridgehead atoms. The van der Waals surface area contributed by atoms with E-state index in [0.717, 1.165) is 31.9 Å². The van der Waals surface area contributed by atoms with Crippen molar-refractivity contribution >= 4 is 40.4 Å². The summed E-state index contributed by atoms with van der Waals surface area (Å²) in [5.41, 5.74) is 3.66. The van der Waals surface area contributed by atoms with Crippen molar-refractivity contribution in [2.24, 2.45) is 0 Å². The molecule has 7 heteroatoms. The van der Waals surface area contributed by atoms with Gasteiger partial charge in [-0.05, 0) is 50.2 Å². The highest BCUT2D eigenvalue weighted by atomic mass is 35.5. The lowest BCUT2D eigenvalue weighted by atomic mass is 10.1. The van der Waals surface area contributed by atoms with Gasteiger partial charge >= 0.3 is 0 Å². The Morgan fingerprint density at radius 3 is 2.52 bits per heavy atom. The van der Waals surface area contributed by atoms with E-state index >= 15 is 0 Å². The summed E-state index contributed by atoms with van der Waals surface area (Å²) in [6, 6.07) is 11.2. The number of hydrogen-bond acceptors (Lipinski definition) is 3. The van der Waals surface area contributed by atoms with Gasteiger partial charge in [0.15, 0.2) is 0 Å². The number of aromatic nitrogens is 2. The highest BCUT2D eigenvalue weighted by Gasteiger charge is 2.16. The highest BCUT2D eigenvalue weighted by Crippen LogP contribution is 2.22. The minimum Gasteiger partial charge on any atom is -0.351 e. The molecule has 1 aromatic carbocycles. The van der Waals surface area contributed by atoms with E-state index in [4.69, 9.17) is 23.2 Å². The zero-order valence-electron chi connectivity index (χ0n) is 13.8. The molecule has 3 aromatic rings. The quantitative estimate of drug-likeness (QED) is 0.681. The third kappa shape index (κ3) is 4.24. The van der Waals surface area contributed by atoms with E-state index in [1.165, 1.54) is 11.3 Å². The van der Waals surface area contributed by atoms with Gasteiger partial charge in [0, 0.05) is 21.2 Å². The van der Waals surface area contributed by atoms with E-state index < -0.39 is 0 Å². The summed E-state index contributed by atoms with van der Waals surface area (Å²) in [5, 5.41) is 8.17. The van der Waals surface area contributed by atoms with Crippen molar-refractivity contribution in [1.29, 1.82) is 0 Å². The summed E-state index contributed by atoms with van der Waals surface area (Å²) >= 11 is 13.3. The van der Waals surface area contributed by atoms with Gasteiger partial charge in [-0.2, -0.15) is 5.10 Å². The van der Waals surface area contributed by atoms with Crippen LogP contribution in [0.2, 0.25) is 9.36 Å². The normalized spacial score (nSPS) is 10.9. The number of carbonyl (C=O) groups is 1. The van der Waals surface area contributed by atoms with Crippen LogP contribution < -0.4 is 5.32 Å². The maximum absolute atomic E-state index is 12.3. The lowest BCUT2D eigenvalue weighted by Gasteiger charge is -2.06. The highest BCUT2D eigenvalue weighted by molar-refractivity contribution is 7.16. The Bertz CT molecular complexity index is 900. The minimum atomic E-state index is -0.0358. The molecule has 0 aliphatic heterocycles. The van der Waals surface area contributed by atoms with Crippen LogP contribution in [-0.2, 0) is 17.8 Å². The van der Waals surface area contributed by atoms with Crippen LogP contribution in [0.1, 0.15) is 21.8 Å². The van der Waals surface area contributed by atoms with Gasteiger partial charge in [0.25, 0.3) is 0 Å². The van der Waals surface area contributed by atoms with Crippen molar-refractivity contribution in [2.45, 2.75) is 26.8 Å². The number of hydrogen-bond donors (Lipinski definition) is 1. The number of nitrogens with one attached hydrogen (secondary N) is 1. The Kier molecular flexibility index (Phi) is 5.47. The maximum Gasteiger partial charge on any atom is 0.224 e. The molecule has 0 saturated carbocycles. The second-order valence-electron chi connectivity index (χ2n) is 5.70. The van der Waals surface area contributed by atoms with E-state index in [0.29, 0.717) is 18.0 Å². The lowest BCUT2D eigenvalue weighted by Crippen LogP contribution is -2.24. The molecule has 130 valence electrons. The number of nitrogens with zero attached hydrogens (tertiary/aromatic N) is 2. The third-order valence-electron chi connectivity index (χ3n) is 3.94. The molecule has 2 heterocycles. The first kappa shape index (κ1) is 18.0. The van der Waals surface area contributed by atoms with Crippen LogP contribution in [0.15, 0.2) is 36.4 Å². The number of benzene rings is 1. The van der Waals surface area contributed by atoms with Crippen molar-refractivity contribution in [3.05, 3.63) is 67.6 Å². The van der Waals surface area contributed by atoms with Crippen molar-refractivity contribution in [3.63, 3.8) is 0 Å². The fourth-order valence-electron chi connectivity index (χ4n) is 2.62. The molecule has 0 aliphatic carbocycles. The third-order valence-corrected chi connectivity index (χ3v) is 5.42. The number of carbonyl (C=O) groups excluding carboxylic acids is 1. The second kappa shape index (κ2) is 7.60. The summed E-state index contributed by atoms with van der Waals surface area (Å²) in [4.78, 5) is 13.3. The molecule has 4 nitrogen and oxygen atoms in total. The molecule has 0 spiro atoms. The van der Waals surface area contributed by atoms with Gasteiger partial charge in [0.2, 0.25) is 5.91 Å². The van der Waals surface area contributed by atoms with Crippen LogP contribution in [0.3, 0.4) is 0 Å². The molecule has 2 aromatic heterocycles. The largest absolute Gasteiger partial charge is 0.351 e. The number of rotatable bonds is 5. The smallest absolute Gasteiger partial charge is 0.224 e. The lowest BCUT2D eigenvalue weighted by molar-refractivity contribution is -0.120. The van der Waals surface area contributed by atoms with Gasteiger partial charge < -0.3 is 5.32 Å². The Hall–Kier alpha value is -1.82. The molecule has 0 atom stereocenters. The van der Waals surface area contributed by atoms with Gasteiger partial charge in [-0.3, -0.25) is 4.79 Å². The van der Waals surface area contributed by atoms with Crippen LogP contribution in [0.5, 0.6) is 0 Å². The predicted molar refractivity (Wildman–Crippen MR) is 103 cm³/mol. The van der Waals surface area contributed by atoms with E-state index in [9.17, 15) is 4.79 Å². The average Bonchev–Trinajstić information content (AvgIpc) is 3.12. The Labute approximate surface area is 160 Å². The molecule has 1 amide bonds. The molecule has 0 saturated heterocycles. The van der Waals surface area contributed by atoms with Crippen molar-refractivity contribution in [3.8, 4) is 5.69 Å². The number of thiophene rings is 1. The molecule has 0 radical (unpaired) electrons. The van der Waals surface area contributed by atoms with Crippen LogP contribution in [-0.4, -0.2) is 15.7 Å². The van der Waals surface area contributed by atoms with E-state index in [2.05, 4.69) is 10.4 Å². The molecule has 0 aliphatic rings. The fraction of sp³-hybridized carbons (Fsp3) is 0.222. The summed E-state index contributed by atoms with van der Waals surface area (Å²) in [7, 11) is 0. The molecule has 3 rings (SSSR count). The van der Waals surface area contributed by atoms with Gasteiger partial charge in [-0.15, -0.1) is 11.3 Å². The van der Waals surface area contributed by atoms with Gasteiger partial charge in [0.1, 0.15) is 0 Å². The predicted octanol–water partition coefficient (Wildman–Crippen LogP) is 4.72. The summed E-state index contributed by atoms with van der Waals surface area (Å²) in [5.74, 6) is -0.0358. The number of halogens is 2. The summed E-state index contributed by atoms with van der Waals surface area (Å²) in [6.07, 6.45) is 0.296. The second-order valence-corrected chi connectivity index (χ2v) is 7.93. The fourth-order valence-corrected chi connectivity index (χ4v) is 3.77. The van der Waals surface area contributed by atoms with Crippen LogP contribution in [0, 0.1) is 13.8 Å². The first-order valence-corrected chi connectivity index (χ1v) is 9.33. The average molecular weight is 394 g/mol. The summed E-state index contributed by atoms with van der Waals surface area (Å²) < 4.78 is 2.56. The minimum absolute atomic E-state index is 0.0358. The Morgan fingerprint density at radius 2 is 1.88 bits per heavy atom. The SMILES string of the molecule is Cc1nn(-c2ccc(Cl)cc2)c(C)c1CC(=O)NCc1ccc(Cl)s1. The molecule has 1 N–H and O–H groups in total. The van der Waals surface area contributed by atoms with E-state index in [1.54, 1.807) is 0 Å². The molecule has 25 heavy (non-hydrogen) atoms. The number of amides is 1. The first-order valence-electron chi connectivity index (χ1n) is 7.76. The van der Waals surface area contributed by atoms with Crippen molar-refractivity contribution in [2.75, 3.05) is 0 Å². The van der Waals surface area contributed by atoms with Crippen LogP contribution in [0.4, 0.5) is 0 Å². The van der Waals surface area contributed by atoms with Crippen LogP contribution >= 0.6 is 34.5 Å². The zero-order chi connectivity index (χ0) is 18.0. The first-order chi connectivity index (χ1) is 11.9. The Balaban J connectivity index is 1.72. The molecule has 0 fully saturated rings. The standard InChI is InChI=1S/C18H17Cl2N3OS/c1-11-16(9-18(24)21-10-15-7-8-17(20)25-15)12(2)23(22-11)14-5-3-13(19)4-6-14/h3-8H,9-10H2,1-2H3,(H,21,24). The van der Waals surface area contributed by atoms with Gasteiger partial charge in [0.05, 0.1) is 28.7 Å². The van der Waals surface area contributed by atoms with Crippen molar-refractivity contribution < 1.29 is 4.79 Å². The topological polar surface area (TPSA) is 46.9 Å². The van der Waals surface area contributed by atoms with Gasteiger partial charge in [-0.25, -0.2) is 4.68 Å². The van der Waals surface area contributed by atoms with Crippen molar-refractivity contribution in [1.82, 2.24) is 15.1 Å². The maximum atomic E-state index is 12.3. The zero-order valence-corrected chi connectivity index (χ0v) is 16.2. The van der Waals surface area contributed by atoms with E-state index in [1.807, 2.05) is 54.9 Å².